The molecule has 1 heterocycles. The van der Waals surface area contributed by atoms with Gasteiger partial charge in [-0.3, -0.25) is 9.89 Å². The number of rotatable bonds is 3. The zero-order valence-electron chi connectivity index (χ0n) is 8.73. The van der Waals surface area contributed by atoms with Crippen molar-refractivity contribution in [1.29, 1.82) is 0 Å². The normalized spacial score (nSPS) is 10.1. The van der Waals surface area contributed by atoms with E-state index in [9.17, 15) is 4.79 Å². The van der Waals surface area contributed by atoms with Crippen LogP contribution in [0.5, 0.6) is 5.75 Å². The molecule has 0 bridgehead atoms. The van der Waals surface area contributed by atoms with Gasteiger partial charge in [-0.15, -0.1) is 0 Å². The Hall–Kier alpha value is -2.30. The van der Waals surface area contributed by atoms with E-state index in [-0.39, 0.29) is 0 Å². The minimum atomic E-state index is -0.483. The second-order valence-corrected chi connectivity index (χ2v) is 3.30. The molecule has 2 aromatic rings. The summed E-state index contributed by atoms with van der Waals surface area (Å²) in [5.41, 5.74) is 7.37. The van der Waals surface area contributed by atoms with Crippen molar-refractivity contribution in [2.75, 3.05) is 7.11 Å². The fourth-order valence-corrected chi connectivity index (χ4v) is 1.43. The Balaban J connectivity index is 2.53. The van der Waals surface area contributed by atoms with Crippen molar-refractivity contribution in [3.05, 3.63) is 36.2 Å². The lowest BCUT2D eigenvalue weighted by molar-refractivity contribution is 0.1000. The molecule has 0 aliphatic rings. The molecule has 5 heteroatoms. The molecule has 0 aliphatic heterocycles. The maximum Gasteiger partial charge on any atom is 0.248 e. The average Bonchev–Trinajstić information content (AvgIpc) is 2.81. The molecular weight excluding hydrogens is 206 g/mol. The van der Waals surface area contributed by atoms with Crippen LogP contribution in [0.2, 0.25) is 0 Å². The monoisotopic (exact) mass is 217 g/mol. The Kier molecular flexibility index (Phi) is 2.59. The fraction of sp³-hybridized carbons (Fsp3) is 0.0909. The highest BCUT2D eigenvalue weighted by atomic mass is 16.5. The van der Waals surface area contributed by atoms with E-state index >= 15 is 0 Å². The van der Waals surface area contributed by atoms with E-state index in [1.54, 1.807) is 31.6 Å². The van der Waals surface area contributed by atoms with Crippen molar-refractivity contribution < 1.29 is 9.53 Å². The molecule has 2 rings (SSSR count). The molecule has 0 aliphatic carbocycles. The van der Waals surface area contributed by atoms with E-state index in [1.807, 2.05) is 6.07 Å². The van der Waals surface area contributed by atoms with Gasteiger partial charge in [0.25, 0.3) is 0 Å². The number of nitrogens with zero attached hydrogens (tertiary/aromatic N) is 1. The van der Waals surface area contributed by atoms with Gasteiger partial charge >= 0.3 is 0 Å². The van der Waals surface area contributed by atoms with Gasteiger partial charge in [-0.2, -0.15) is 5.10 Å². The van der Waals surface area contributed by atoms with Gasteiger partial charge in [-0.1, -0.05) is 0 Å². The lowest BCUT2D eigenvalue weighted by Gasteiger charge is -2.05. The number of aromatic amines is 1. The average molecular weight is 217 g/mol. The maximum atomic E-state index is 11.1. The van der Waals surface area contributed by atoms with Crippen LogP contribution < -0.4 is 10.5 Å². The lowest BCUT2D eigenvalue weighted by atomic mass is 10.1. The van der Waals surface area contributed by atoms with E-state index in [4.69, 9.17) is 10.5 Å². The number of H-pyrrole nitrogens is 1. The molecule has 1 aromatic heterocycles. The molecule has 0 saturated carbocycles. The summed E-state index contributed by atoms with van der Waals surface area (Å²) in [4.78, 5) is 11.1. The van der Waals surface area contributed by atoms with E-state index in [0.29, 0.717) is 11.3 Å². The van der Waals surface area contributed by atoms with Crippen molar-refractivity contribution >= 4 is 5.91 Å². The van der Waals surface area contributed by atoms with Crippen molar-refractivity contribution in [3.8, 4) is 16.9 Å². The number of amides is 1. The molecule has 0 fully saturated rings. The maximum absolute atomic E-state index is 11.1. The first-order chi connectivity index (χ1) is 7.70. The van der Waals surface area contributed by atoms with Crippen LogP contribution >= 0.6 is 0 Å². The van der Waals surface area contributed by atoms with Crippen molar-refractivity contribution in [2.45, 2.75) is 0 Å². The summed E-state index contributed by atoms with van der Waals surface area (Å²) in [5.74, 6) is 0.108. The van der Waals surface area contributed by atoms with Gasteiger partial charge in [0.1, 0.15) is 5.75 Å². The summed E-state index contributed by atoms with van der Waals surface area (Å²) < 4.78 is 5.11. The van der Waals surface area contributed by atoms with Crippen LogP contribution in [0.4, 0.5) is 0 Å². The second kappa shape index (κ2) is 4.06. The first-order valence-electron chi connectivity index (χ1n) is 4.69. The third-order valence-corrected chi connectivity index (χ3v) is 2.26. The number of hydrogen-bond acceptors (Lipinski definition) is 3. The summed E-state index contributed by atoms with van der Waals surface area (Å²) in [7, 11) is 1.54. The number of carbonyl (C=O) groups is 1. The Bertz CT molecular complexity index is 506. The van der Waals surface area contributed by atoms with Gasteiger partial charge in [0, 0.05) is 17.3 Å². The molecule has 5 nitrogen and oxygen atoms in total. The highest BCUT2D eigenvalue weighted by Gasteiger charge is 2.07. The van der Waals surface area contributed by atoms with Gasteiger partial charge in [0.05, 0.1) is 13.3 Å². The van der Waals surface area contributed by atoms with Gasteiger partial charge in [0.2, 0.25) is 5.91 Å². The van der Waals surface area contributed by atoms with Gasteiger partial charge in [-0.25, -0.2) is 0 Å². The van der Waals surface area contributed by atoms with Gasteiger partial charge in [-0.05, 0) is 23.8 Å². The number of carbonyl (C=O) groups excluding carboxylic acids is 1. The fourth-order valence-electron chi connectivity index (χ4n) is 1.43. The van der Waals surface area contributed by atoms with Gasteiger partial charge in [0.15, 0.2) is 0 Å². The first-order valence-corrected chi connectivity index (χ1v) is 4.69. The number of nitrogens with one attached hydrogen (secondary N) is 1. The SMILES string of the molecule is COc1cc(C(N)=O)cc(-c2cn[nH]c2)c1. The quantitative estimate of drug-likeness (QED) is 0.810. The number of ether oxygens (including phenoxy) is 1. The zero-order valence-corrected chi connectivity index (χ0v) is 8.73. The van der Waals surface area contributed by atoms with Gasteiger partial charge < -0.3 is 10.5 Å². The molecule has 1 aromatic carbocycles. The summed E-state index contributed by atoms with van der Waals surface area (Å²) in [6.45, 7) is 0. The number of nitrogens with two attached hydrogens (primary N) is 1. The van der Waals surface area contributed by atoms with Crippen LogP contribution in [0.15, 0.2) is 30.6 Å². The molecule has 0 saturated heterocycles. The van der Waals surface area contributed by atoms with E-state index in [0.717, 1.165) is 11.1 Å². The number of hydrogen-bond donors (Lipinski definition) is 2. The molecule has 1 amide bonds. The predicted octanol–water partition coefficient (Wildman–Crippen LogP) is 1.18. The van der Waals surface area contributed by atoms with E-state index < -0.39 is 5.91 Å². The summed E-state index contributed by atoms with van der Waals surface area (Å²) >= 11 is 0. The zero-order chi connectivity index (χ0) is 11.5. The predicted molar refractivity (Wildman–Crippen MR) is 59.1 cm³/mol. The number of aromatic nitrogens is 2. The molecule has 0 spiro atoms. The highest BCUT2D eigenvalue weighted by Crippen LogP contribution is 2.25. The van der Waals surface area contributed by atoms with Crippen LogP contribution in [-0.4, -0.2) is 23.2 Å². The minimum absolute atomic E-state index is 0.413. The standard InChI is InChI=1S/C11H11N3O2/c1-16-10-3-7(9-5-13-14-6-9)2-8(4-10)11(12)15/h2-6H,1H3,(H2,12,15)(H,13,14). The van der Waals surface area contributed by atoms with E-state index in [1.165, 1.54) is 0 Å². The van der Waals surface area contributed by atoms with Crippen LogP contribution in [0.1, 0.15) is 10.4 Å². The smallest absolute Gasteiger partial charge is 0.248 e. The summed E-state index contributed by atoms with van der Waals surface area (Å²) in [5, 5.41) is 6.55. The Labute approximate surface area is 92.2 Å². The number of primary amides is 1. The Morgan fingerprint density at radius 1 is 1.38 bits per heavy atom. The van der Waals surface area contributed by atoms with Crippen LogP contribution in [0.3, 0.4) is 0 Å². The van der Waals surface area contributed by atoms with Crippen molar-refractivity contribution in [1.82, 2.24) is 10.2 Å². The topological polar surface area (TPSA) is 81.0 Å². The third kappa shape index (κ3) is 1.88. The minimum Gasteiger partial charge on any atom is -0.497 e. The van der Waals surface area contributed by atoms with Crippen molar-refractivity contribution in [2.24, 2.45) is 5.73 Å². The van der Waals surface area contributed by atoms with Crippen molar-refractivity contribution in [3.63, 3.8) is 0 Å². The highest BCUT2D eigenvalue weighted by molar-refractivity contribution is 5.94. The molecule has 3 N–H and O–H groups in total. The number of methoxy groups -OCH3 is 1. The van der Waals surface area contributed by atoms with Crippen LogP contribution in [-0.2, 0) is 0 Å². The molecule has 0 radical (unpaired) electrons. The first kappa shape index (κ1) is 10.2. The molecule has 82 valence electrons. The van der Waals surface area contributed by atoms with E-state index in [2.05, 4.69) is 10.2 Å². The third-order valence-electron chi connectivity index (χ3n) is 2.26. The Morgan fingerprint density at radius 3 is 2.75 bits per heavy atom. The number of benzene rings is 1. The summed E-state index contributed by atoms with van der Waals surface area (Å²) in [6, 6.07) is 5.12. The summed E-state index contributed by atoms with van der Waals surface area (Å²) in [6.07, 6.45) is 3.40. The molecular formula is C11H11N3O2. The molecule has 0 unspecified atom stereocenters. The molecule has 0 atom stereocenters. The van der Waals surface area contributed by atoms with Crippen LogP contribution in [0, 0.1) is 0 Å². The lowest BCUT2D eigenvalue weighted by Crippen LogP contribution is -2.11. The largest absolute Gasteiger partial charge is 0.497 e. The molecule has 16 heavy (non-hydrogen) atoms. The Morgan fingerprint density at radius 2 is 2.19 bits per heavy atom. The van der Waals surface area contributed by atoms with Crippen LogP contribution in [0.25, 0.3) is 11.1 Å². The second-order valence-electron chi connectivity index (χ2n) is 3.30.